The van der Waals surface area contributed by atoms with Gasteiger partial charge in [-0.2, -0.15) is 13.2 Å². The Bertz CT molecular complexity index is 705. The minimum absolute atomic E-state index is 0.134. The summed E-state index contributed by atoms with van der Waals surface area (Å²) in [5, 5.41) is 13.7. The second kappa shape index (κ2) is 6.94. The van der Waals surface area contributed by atoms with Gasteiger partial charge in [-0.1, -0.05) is 18.2 Å². The van der Waals surface area contributed by atoms with Crippen LogP contribution in [0.5, 0.6) is 0 Å². The third kappa shape index (κ3) is 4.15. The van der Waals surface area contributed by atoms with Crippen LogP contribution in [-0.2, 0) is 6.61 Å². The SMILES string of the molecule is OCc1cc2ccccc2nc1NCC1CCN(CC(F)(F)F)C1. The van der Waals surface area contributed by atoms with Crippen LogP contribution in [0.15, 0.2) is 30.3 Å². The average Bonchev–Trinajstić information content (AvgIpc) is 2.97. The van der Waals surface area contributed by atoms with E-state index in [1.165, 1.54) is 4.90 Å². The maximum atomic E-state index is 12.4. The van der Waals surface area contributed by atoms with Gasteiger partial charge < -0.3 is 10.4 Å². The smallest absolute Gasteiger partial charge is 0.392 e. The Labute approximate surface area is 138 Å². The van der Waals surface area contributed by atoms with Gasteiger partial charge in [0, 0.05) is 24.0 Å². The van der Waals surface area contributed by atoms with E-state index >= 15 is 0 Å². The number of hydrogen-bond donors (Lipinski definition) is 2. The zero-order valence-corrected chi connectivity index (χ0v) is 13.2. The molecule has 0 aliphatic carbocycles. The summed E-state index contributed by atoms with van der Waals surface area (Å²) in [6.07, 6.45) is -3.42. The predicted molar refractivity (Wildman–Crippen MR) is 86.8 cm³/mol. The van der Waals surface area contributed by atoms with Crippen molar-refractivity contribution in [2.45, 2.75) is 19.2 Å². The fraction of sp³-hybridized carbons (Fsp3) is 0.471. The Balaban J connectivity index is 1.63. The van der Waals surface area contributed by atoms with Crippen molar-refractivity contribution in [2.75, 3.05) is 31.5 Å². The zero-order chi connectivity index (χ0) is 17.2. The number of fused-ring (bicyclic) bond motifs is 1. The van der Waals surface area contributed by atoms with Gasteiger partial charge in [-0.05, 0) is 31.0 Å². The first-order chi connectivity index (χ1) is 11.4. The molecule has 7 heteroatoms. The van der Waals surface area contributed by atoms with E-state index in [0.29, 0.717) is 31.0 Å². The summed E-state index contributed by atoms with van der Waals surface area (Å²) in [6, 6.07) is 9.50. The molecule has 24 heavy (non-hydrogen) atoms. The van der Waals surface area contributed by atoms with Gasteiger partial charge >= 0.3 is 6.18 Å². The number of anilines is 1. The minimum Gasteiger partial charge on any atom is -0.392 e. The van der Waals surface area contributed by atoms with E-state index in [0.717, 1.165) is 17.3 Å². The summed E-state index contributed by atoms with van der Waals surface area (Å²) in [5.74, 6) is 0.748. The molecule has 1 aromatic carbocycles. The number of alkyl halides is 3. The van der Waals surface area contributed by atoms with E-state index < -0.39 is 12.7 Å². The van der Waals surface area contributed by atoms with Crippen molar-refractivity contribution in [1.82, 2.24) is 9.88 Å². The standard InChI is InChI=1S/C17H20F3N3O/c18-17(19,20)11-23-6-5-12(9-23)8-21-16-14(10-24)7-13-3-1-2-4-15(13)22-16/h1-4,7,12,24H,5-6,8-11H2,(H,21,22). The van der Waals surface area contributed by atoms with E-state index in [1.807, 2.05) is 30.3 Å². The van der Waals surface area contributed by atoms with Crippen molar-refractivity contribution in [2.24, 2.45) is 5.92 Å². The monoisotopic (exact) mass is 339 g/mol. The van der Waals surface area contributed by atoms with Crippen LogP contribution in [-0.4, -0.2) is 47.3 Å². The van der Waals surface area contributed by atoms with Crippen molar-refractivity contribution < 1.29 is 18.3 Å². The maximum absolute atomic E-state index is 12.4. The summed E-state index contributed by atoms with van der Waals surface area (Å²) in [7, 11) is 0. The lowest BCUT2D eigenvalue weighted by atomic mass is 10.1. The topological polar surface area (TPSA) is 48.4 Å². The van der Waals surface area contributed by atoms with Crippen molar-refractivity contribution in [3.63, 3.8) is 0 Å². The molecule has 4 nitrogen and oxygen atoms in total. The number of hydrogen-bond acceptors (Lipinski definition) is 4. The molecule has 1 fully saturated rings. The second-order valence-corrected chi connectivity index (χ2v) is 6.23. The second-order valence-electron chi connectivity index (χ2n) is 6.23. The predicted octanol–water partition coefficient (Wildman–Crippen LogP) is 3.02. The van der Waals surface area contributed by atoms with Crippen LogP contribution in [0.1, 0.15) is 12.0 Å². The summed E-state index contributed by atoms with van der Waals surface area (Å²) in [5.41, 5.74) is 1.51. The van der Waals surface area contributed by atoms with E-state index in [1.54, 1.807) is 0 Å². The first-order valence-corrected chi connectivity index (χ1v) is 7.97. The highest BCUT2D eigenvalue weighted by Gasteiger charge is 2.34. The molecule has 1 saturated heterocycles. The number of aliphatic hydroxyl groups is 1. The molecule has 2 heterocycles. The quantitative estimate of drug-likeness (QED) is 0.879. The number of aromatic nitrogens is 1. The first kappa shape index (κ1) is 17.0. The molecule has 0 saturated carbocycles. The van der Waals surface area contributed by atoms with Crippen LogP contribution in [0, 0.1) is 5.92 Å². The molecule has 1 atom stereocenters. The molecular weight excluding hydrogens is 319 g/mol. The van der Waals surface area contributed by atoms with E-state index in [4.69, 9.17) is 0 Å². The normalized spacial score (nSPS) is 19.1. The number of aliphatic hydroxyl groups excluding tert-OH is 1. The van der Waals surface area contributed by atoms with Crippen LogP contribution in [0.4, 0.5) is 19.0 Å². The minimum atomic E-state index is -4.15. The van der Waals surface area contributed by atoms with Crippen LogP contribution in [0.25, 0.3) is 10.9 Å². The van der Waals surface area contributed by atoms with Crippen LogP contribution in [0.2, 0.25) is 0 Å². The molecule has 1 unspecified atom stereocenters. The number of nitrogens with zero attached hydrogens (tertiary/aromatic N) is 2. The Kier molecular flexibility index (Phi) is 4.91. The summed E-state index contributed by atoms with van der Waals surface area (Å²) in [6.45, 7) is 0.454. The number of para-hydroxylation sites is 1. The molecule has 0 amide bonds. The highest BCUT2D eigenvalue weighted by Crippen LogP contribution is 2.24. The van der Waals surface area contributed by atoms with E-state index in [9.17, 15) is 18.3 Å². The number of nitrogens with one attached hydrogen (secondary N) is 1. The molecule has 2 aromatic rings. The molecule has 1 aliphatic rings. The van der Waals surface area contributed by atoms with Crippen molar-refractivity contribution >= 4 is 16.7 Å². The molecule has 0 spiro atoms. The Morgan fingerprint density at radius 1 is 1.29 bits per heavy atom. The third-order valence-corrected chi connectivity index (χ3v) is 4.30. The molecular formula is C17H20F3N3O. The highest BCUT2D eigenvalue weighted by molar-refractivity contribution is 5.81. The fourth-order valence-electron chi connectivity index (χ4n) is 3.15. The average molecular weight is 339 g/mol. The molecule has 3 rings (SSSR count). The van der Waals surface area contributed by atoms with Crippen molar-refractivity contribution in [3.05, 3.63) is 35.9 Å². The largest absolute Gasteiger partial charge is 0.401 e. The number of halogens is 3. The Morgan fingerprint density at radius 2 is 2.08 bits per heavy atom. The van der Waals surface area contributed by atoms with Gasteiger partial charge in [-0.15, -0.1) is 0 Å². The molecule has 1 aromatic heterocycles. The number of benzene rings is 1. The van der Waals surface area contributed by atoms with Crippen molar-refractivity contribution in [1.29, 1.82) is 0 Å². The van der Waals surface area contributed by atoms with Crippen LogP contribution >= 0.6 is 0 Å². The van der Waals surface area contributed by atoms with Gasteiger partial charge in [0.2, 0.25) is 0 Å². The molecule has 130 valence electrons. The molecule has 1 aliphatic heterocycles. The lowest BCUT2D eigenvalue weighted by Crippen LogP contribution is -2.33. The Hall–Kier alpha value is -1.86. The Morgan fingerprint density at radius 3 is 2.83 bits per heavy atom. The van der Waals surface area contributed by atoms with Gasteiger partial charge in [0.05, 0.1) is 18.7 Å². The summed E-state index contributed by atoms with van der Waals surface area (Å²) >= 11 is 0. The maximum Gasteiger partial charge on any atom is 0.401 e. The third-order valence-electron chi connectivity index (χ3n) is 4.30. The van der Waals surface area contributed by atoms with Crippen LogP contribution in [0.3, 0.4) is 0 Å². The lowest BCUT2D eigenvalue weighted by Gasteiger charge is -2.18. The highest BCUT2D eigenvalue weighted by atomic mass is 19.4. The number of likely N-dealkylation sites (tertiary alicyclic amines) is 1. The van der Waals surface area contributed by atoms with Gasteiger partial charge in [-0.25, -0.2) is 4.98 Å². The molecule has 0 radical (unpaired) electrons. The van der Waals surface area contributed by atoms with Gasteiger partial charge in [0.15, 0.2) is 0 Å². The van der Waals surface area contributed by atoms with Gasteiger partial charge in [-0.3, -0.25) is 4.90 Å². The molecule has 0 bridgehead atoms. The fourth-order valence-corrected chi connectivity index (χ4v) is 3.15. The summed E-state index contributed by atoms with van der Waals surface area (Å²) < 4.78 is 37.3. The van der Waals surface area contributed by atoms with Gasteiger partial charge in [0.1, 0.15) is 5.82 Å². The summed E-state index contributed by atoms with van der Waals surface area (Å²) in [4.78, 5) is 5.96. The van der Waals surface area contributed by atoms with E-state index in [-0.39, 0.29) is 12.5 Å². The zero-order valence-electron chi connectivity index (χ0n) is 13.2. The first-order valence-electron chi connectivity index (χ1n) is 7.97. The van der Waals surface area contributed by atoms with Gasteiger partial charge in [0.25, 0.3) is 0 Å². The lowest BCUT2D eigenvalue weighted by molar-refractivity contribution is -0.143. The van der Waals surface area contributed by atoms with E-state index in [2.05, 4.69) is 10.3 Å². The van der Waals surface area contributed by atoms with Crippen molar-refractivity contribution in [3.8, 4) is 0 Å². The number of pyridine rings is 1. The molecule has 2 N–H and O–H groups in total. The van der Waals surface area contributed by atoms with Crippen LogP contribution < -0.4 is 5.32 Å². The number of rotatable bonds is 5.